The summed E-state index contributed by atoms with van der Waals surface area (Å²) in [5.41, 5.74) is 4.42. The van der Waals surface area contributed by atoms with Crippen LogP contribution in [-0.4, -0.2) is 28.6 Å². The van der Waals surface area contributed by atoms with E-state index in [9.17, 15) is 4.79 Å². The molecule has 0 aliphatic heterocycles. The fraction of sp³-hybridized carbons (Fsp3) is 0.273. The maximum atomic E-state index is 11.4. The molecule has 5 heteroatoms. The number of fused-ring (bicyclic) bond motifs is 1. The largest absolute Gasteiger partial charge is 0.491 e. The Morgan fingerprint density at radius 1 is 1.22 bits per heavy atom. The average Bonchev–Trinajstić information content (AvgIpc) is 3.02. The second-order valence-corrected chi connectivity index (χ2v) is 6.46. The second kappa shape index (κ2) is 8.54. The maximum absolute atomic E-state index is 11.4. The number of nitrogens with one attached hydrogen (secondary N) is 1. The third-order valence-corrected chi connectivity index (χ3v) is 4.69. The van der Waals surface area contributed by atoms with Gasteiger partial charge in [0.05, 0.1) is 17.6 Å². The van der Waals surface area contributed by atoms with Crippen molar-refractivity contribution in [3.63, 3.8) is 0 Å². The van der Waals surface area contributed by atoms with Crippen molar-refractivity contribution in [2.24, 2.45) is 0 Å². The molecule has 27 heavy (non-hydrogen) atoms. The number of carbonyl (C=O) groups excluding carboxylic acids is 1. The average molecular weight is 363 g/mol. The van der Waals surface area contributed by atoms with Crippen LogP contribution in [0.5, 0.6) is 5.75 Å². The Morgan fingerprint density at radius 3 is 2.85 bits per heavy atom. The molecule has 3 aromatic rings. The van der Waals surface area contributed by atoms with Crippen molar-refractivity contribution in [2.45, 2.75) is 26.8 Å². The molecule has 1 N–H and O–H groups in total. The highest BCUT2D eigenvalue weighted by Gasteiger charge is 2.11. The van der Waals surface area contributed by atoms with Crippen LogP contribution in [0.1, 0.15) is 17.0 Å². The third-order valence-electron chi connectivity index (χ3n) is 4.69. The Morgan fingerprint density at radius 2 is 2.04 bits per heavy atom. The highest BCUT2D eigenvalue weighted by molar-refractivity contribution is 5.86. The number of amides is 1. The predicted molar refractivity (Wildman–Crippen MR) is 108 cm³/mol. The van der Waals surface area contributed by atoms with Gasteiger partial charge >= 0.3 is 0 Å². The molecule has 0 saturated heterocycles. The van der Waals surface area contributed by atoms with E-state index in [4.69, 9.17) is 9.72 Å². The van der Waals surface area contributed by atoms with E-state index in [0.717, 1.165) is 22.6 Å². The summed E-state index contributed by atoms with van der Waals surface area (Å²) in [5.74, 6) is 1.68. The number of hydrogen-bond donors (Lipinski definition) is 1. The molecular weight excluding hydrogens is 338 g/mol. The van der Waals surface area contributed by atoms with E-state index in [1.165, 1.54) is 17.2 Å². The molecule has 140 valence electrons. The first-order chi connectivity index (χ1) is 13.1. The molecule has 0 atom stereocenters. The first-order valence-electron chi connectivity index (χ1n) is 9.13. The molecule has 0 aliphatic rings. The summed E-state index contributed by atoms with van der Waals surface area (Å²) < 4.78 is 8.19. The van der Waals surface area contributed by atoms with Crippen LogP contribution in [0.4, 0.5) is 0 Å². The van der Waals surface area contributed by atoms with Crippen LogP contribution in [0.3, 0.4) is 0 Å². The van der Waals surface area contributed by atoms with Gasteiger partial charge in [0.2, 0.25) is 5.91 Å². The molecular formula is C22H25N3O2. The Balaban J connectivity index is 1.73. The van der Waals surface area contributed by atoms with Gasteiger partial charge in [-0.3, -0.25) is 4.79 Å². The van der Waals surface area contributed by atoms with Crippen molar-refractivity contribution in [3.8, 4) is 5.75 Å². The number of carbonyl (C=O) groups is 1. The number of imidazole rings is 1. The molecule has 0 unspecified atom stereocenters. The van der Waals surface area contributed by atoms with Crippen LogP contribution in [0, 0.1) is 13.8 Å². The van der Waals surface area contributed by atoms with Crippen LogP contribution in [0.25, 0.3) is 11.0 Å². The van der Waals surface area contributed by atoms with Gasteiger partial charge in [0.25, 0.3) is 0 Å². The smallest absolute Gasteiger partial charge is 0.243 e. The van der Waals surface area contributed by atoms with Gasteiger partial charge in [-0.05, 0) is 49.2 Å². The molecule has 0 saturated carbocycles. The third kappa shape index (κ3) is 4.37. The van der Waals surface area contributed by atoms with E-state index in [0.29, 0.717) is 26.1 Å². The maximum Gasteiger partial charge on any atom is 0.243 e. The molecule has 0 aliphatic carbocycles. The van der Waals surface area contributed by atoms with Gasteiger partial charge in [-0.15, -0.1) is 0 Å². The summed E-state index contributed by atoms with van der Waals surface area (Å²) in [7, 11) is 0. The van der Waals surface area contributed by atoms with Gasteiger partial charge in [-0.1, -0.05) is 30.8 Å². The number of aryl methyl sites for hydroxylation is 1. The quantitative estimate of drug-likeness (QED) is 0.623. The first-order valence-corrected chi connectivity index (χ1v) is 9.13. The summed E-state index contributed by atoms with van der Waals surface area (Å²) in [6.45, 7) is 9.40. The van der Waals surface area contributed by atoms with Crippen molar-refractivity contribution in [3.05, 3.63) is 72.1 Å². The molecule has 3 rings (SSSR count). The molecule has 1 amide bonds. The minimum absolute atomic E-state index is 0.170. The fourth-order valence-corrected chi connectivity index (χ4v) is 3.06. The number of ether oxygens (including phenoxy) is 1. The molecule has 1 aromatic heterocycles. The van der Waals surface area contributed by atoms with E-state index in [-0.39, 0.29) is 5.91 Å². The standard InChI is InChI=1S/C22H25N3O2/c1-4-22(26)23-13-12-21-24-18-9-5-6-10-19(18)25(21)14-15-27-20-11-7-8-16(2)17(20)3/h4-11H,1,12-15H2,2-3H3,(H,23,26). The van der Waals surface area contributed by atoms with E-state index in [1.807, 2.05) is 30.3 Å². The lowest BCUT2D eigenvalue weighted by atomic mass is 10.1. The lowest BCUT2D eigenvalue weighted by Gasteiger charge is -2.13. The fourth-order valence-electron chi connectivity index (χ4n) is 3.06. The molecule has 0 radical (unpaired) electrons. The van der Waals surface area contributed by atoms with E-state index in [2.05, 4.69) is 42.4 Å². The number of rotatable bonds is 8. The predicted octanol–water partition coefficient (Wildman–Crippen LogP) is 3.58. The zero-order valence-electron chi connectivity index (χ0n) is 15.9. The van der Waals surface area contributed by atoms with Gasteiger partial charge in [0, 0.05) is 13.0 Å². The van der Waals surface area contributed by atoms with Crippen LogP contribution in [0.15, 0.2) is 55.1 Å². The molecule has 0 bridgehead atoms. The number of nitrogens with zero attached hydrogens (tertiary/aromatic N) is 2. The SMILES string of the molecule is C=CC(=O)NCCc1nc2ccccc2n1CCOc1cccc(C)c1C. The van der Waals surface area contributed by atoms with Crippen molar-refractivity contribution < 1.29 is 9.53 Å². The Hall–Kier alpha value is -3.08. The van der Waals surface area contributed by atoms with Crippen LogP contribution in [0.2, 0.25) is 0 Å². The van der Waals surface area contributed by atoms with Gasteiger partial charge < -0.3 is 14.6 Å². The summed E-state index contributed by atoms with van der Waals surface area (Å²) in [4.78, 5) is 16.1. The summed E-state index contributed by atoms with van der Waals surface area (Å²) in [6, 6.07) is 14.2. The van der Waals surface area contributed by atoms with Crippen molar-refractivity contribution in [2.75, 3.05) is 13.2 Å². The molecule has 1 heterocycles. The lowest BCUT2D eigenvalue weighted by Crippen LogP contribution is -2.24. The summed E-state index contributed by atoms with van der Waals surface area (Å²) >= 11 is 0. The number of aromatic nitrogens is 2. The Labute approximate surface area is 159 Å². The van der Waals surface area contributed by atoms with E-state index < -0.39 is 0 Å². The Bertz CT molecular complexity index is 959. The molecule has 0 spiro atoms. The van der Waals surface area contributed by atoms with Crippen molar-refractivity contribution in [1.82, 2.24) is 14.9 Å². The van der Waals surface area contributed by atoms with Gasteiger partial charge in [-0.25, -0.2) is 4.98 Å². The lowest BCUT2D eigenvalue weighted by molar-refractivity contribution is -0.116. The van der Waals surface area contributed by atoms with Crippen LogP contribution >= 0.6 is 0 Å². The topological polar surface area (TPSA) is 56.2 Å². The van der Waals surface area contributed by atoms with E-state index in [1.54, 1.807) is 0 Å². The number of benzene rings is 2. The Kier molecular flexibility index (Phi) is 5.91. The van der Waals surface area contributed by atoms with Gasteiger partial charge in [0.1, 0.15) is 18.2 Å². The highest BCUT2D eigenvalue weighted by atomic mass is 16.5. The summed E-state index contributed by atoms with van der Waals surface area (Å²) in [5, 5.41) is 2.81. The van der Waals surface area contributed by atoms with Crippen LogP contribution < -0.4 is 10.1 Å². The monoisotopic (exact) mass is 363 g/mol. The van der Waals surface area contributed by atoms with Gasteiger partial charge in [0.15, 0.2) is 0 Å². The summed E-state index contributed by atoms with van der Waals surface area (Å²) in [6.07, 6.45) is 1.93. The first kappa shape index (κ1) is 18.7. The van der Waals surface area contributed by atoms with E-state index >= 15 is 0 Å². The number of para-hydroxylation sites is 2. The highest BCUT2D eigenvalue weighted by Crippen LogP contribution is 2.21. The molecule has 0 fully saturated rings. The van der Waals surface area contributed by atoms with Crippen molar-refractivity contribution >= 4 is 16.9 Å². The van der Waals surface area contributed by atoms with Crippen molar-refractivity contribution in [1.29, 1.82) is 0 Å². The molecule has 2 aromatic carbocycles. The molecule has 5 nitrogen and oxygen atoms in total. The zero-order chi connectivity index (χ0) is 19.2. The van der Waals surface area contributed by atoms with Gasteiger partial charge in [-0.2, -0.15) is 0 Å². The minimum atomic E-state index is -0.170. The zero-order valence-corrected chi connectivity index (χ0v) is 15.9. The normalized spacial score (nSPS) is 10.7. The number of hydrogen-bond acceptors (Lipinski definition) is 3. The minimum Gasteiger partial charge on any atom is -0.491 e. The second-order valence-electron chi connectivity index (χ2n) is 6.46. The van der Waals surface area contributed by atoms with Crippen LogP contribution in [-0.2, 0) is 17.8 Å².